The summed E-state index contributed by atoms with van der Waals surface area (Å²) < 4.78 is 10.7. The van der Waals surface area contributed by atoms with E-state index in [0.717, 1.165) is 29.8 Å². The minimum atomic E-state index is -0.468. The van der Waals surface area contributed by atoms with Gasteiger partial charge in [0.25, 0.3) is 0 Å². The molecular formula is C19H31NO3. The molecule has 0 bridgehead atoms. The van der Waals surface area contributed by atoms with Crippen LogP contribution in [-0.2, 0) is 6.42 Å². The molecule has 4 nitrogen and oxygen atoms in total. The molecule has 23 heavy (non-hydrogen) atoms. The van der Waals surface area contributed by atoms with Crippen LogP contribution in [0.3, 0.4) is 0 Å². The van der Waals surface area contributed by atoms with Crippen molar-refractivity contribution >= 4 is 0 Å². The highest BCUT2D eigenvalue weighted by molar-refractivity contribution is 5.50. The average Bonchev–Trinajstić information content (AvgIpc) is 2.88. The molecule has 0 aromatic heterocycles. The minimum absolute atomic E-state index is 0.0949. The molecule has 4 heteroatoms. The van der Waals surface area contributed by atoms with E-state index in [1.165, 1.54) is 38.5 Å². The van der Waals surface area contributed by atoms with E-state index >= 15 is 0 Å². The minimum Gasteiger partial charge on any atom is -0.493 e. The number of fused-ring (bicyclic) bond motifs is 1. The lowest BCUT2D eigenvalue weighted by Crippen LogP contribution is -2.33. The van der Waals surface area contributed by atoms with Crippen molar-refractivity contribution in [1.82, 2.24) is 5.32 Å². The molecule has 2 rings (SSSR count). The van der Waals surface area contributed by atoms with E-state index < -0.39 is 6.10 Å². The van der Waals surface area contributed by atoms with Crippen molar-refractivity contribution in [3.8, 4) is 11.5 Å². The number of unbranched alkanes of at least 4 members (excludes halogenated alkanes) is 5. The second-order valence-corrected chi connectivity index (χ2v) is 6.38. The molecule has 0 amide bonds. The zero-order valence-electron chi connectivity index (χ0n) is 14.7. The van der Waals surface area contributed by atoms with Crippen LogP contribution in [0, 0.1) is 0 Å². The van der Waals surface area contributed by atoms with Crippen LogP contribution in [0.2, 0.25) is 0 Å². The molecular weight excluding hydrogens is 290 g/mol. The zero-order chi connectivity index (χ0) is 16.7. The molecule has 0 radical (unpaired) electrons. The van der Waals surface area contributed by atoms with E-state index in [9.17, 15) is 5.11 Å². The maximum absolute atomic E-state index is 10.5. The summed E-state index contributed by atoms with van der Waals surface area (Å²) in [6.07, 6.45) is 8.11. The van der Waals surface area contributed by atoms with Crippen molar-refractivity contribution in [2.75, 3.05) is 20.8 Å². The number of ether oxygens (including phenoxy) is 2. The molecule has 0 spiro atoms. The van der Waals surface area contributed by atoms with Gasteiger partial charge in [-0.05, 0) is 42.6 Å². The molecule has 2 atom stereocenters. The molecule has 1 aromatic rings. The second kappa shape index (κ2) is 9.14. The van der Waals surface area contributed by atoms with Gasteiger partial charge in [0, 0.05) is 6.04 Å². The third-order valence-corrected chi connectivity index (χ3v) is 4.72. The molecule has 0 aliphatic heterocycles. The van der Waals surface area contributed by atoms with Crippen LogP contribution < -0.4 is 14.8 Å². The van der Waals surface area contributed by atoms with E-state index in [2.05, 4.69) is 12.2 Å². The third kappa shape index (κ3) is 4.61. The Morgan fingerprint density at radius 1 is 1.04 bits per heavy atom. The molecule has 0 fully saturated rings. The fraction of sp³-hybridized carbons (Fsp3) is 0.684. The summed E-state index contributed by atoms with van der Waals surface area (Å²) in [6, 6.07) is 3.99. The van der Waals surface area contributed by atoms with Crippen LogP contribution in [0.15, 0.2) is 12.1 Å². The Morgan fingerprint density at radius 2 is 1.70 bits per heavy atom. The van der Waals surface area contributed by atoms with Crippen LogP contribution >= 0.6 is 0 Å². The summed E-state index contributed by atoms with van der Waals surface area (Å²) in [7, 11) is 3.27. The predicted octanol–water partition coefficient (Wildman–Crippen LogP) is 3.61. The van der Waals surface area contributed by atoms with Gasteiger partial charge < -0.3 is 19.9 Å². The van der Waals surface area contributed by atoms with Gasteiger partial charge in [0.1, 0.15) is 0 Å². The van der Waals surface area contributed by atoms with E-state index in [1.54, 1.807) is 14.2 Å². The SMILES string of the molecule is CCCCCCCCN[C@H]1Cc2cc(OC)c(OC)cc2[C@@H]1O. The maximum Gasteiger partial charge on any atom is 0.161 e. The zero-order valence-corrected chi connectivity index (χ0v) is 14.7. The Morgan fingerprint density at radius 3 is 2.39 bits per heavy atom. The molecule has 0 saturated heterocycles. The Balaban J connectivity index is 1.82. The van der Waals surface area contributed by atoms with Crippen LogP contribution in [0.4, 0.5) is 0 Å². The Labute approximate surface area is 140 Å². The number of hydrogen-bond donors (Lipinski definition) is 2. The monoisotopic (exact) mass is 321 g/mol. The largest absolute Gasteiger partial charge is 0.493 e. The lowest BCUT2D eigenvalue weighted by Gasteiger charge is -2.17. The predicted molar refractivity (Wildman–Crippen MR) is 93.4 cm³/mol. The topological polar surface area (TPSA) is 50.7 Å². The quantitative estimate of drug-likeness (QED) is 0.646. The highest BCUT2D eigenvalue weighted by Crippen LogP contribution is 2.39. The highest BCUT2D eigenvalue weighted by atomic mass is 16.5. The molecule has 2 N–H and O–H groups in total. The normalized spacial score (nSPS) is 19.7. The number of methoxy groups -OCH3 is 2. The Hall–Kier alpha value is -1.26. The smallest absolute Gasteiger partial charge is 0.161 e. The lowest BCUT2D eigenvalue weighted by molar-refractivity contribution is 0.141. The fourth-order valence-electron chi connectivity index (χ4n) is 3.33. The molecule has 0 heterocycles. The van der Waals surface area contributed by atoms with Gasteiger partial charge in [0.2, 0.25) is 0 Å². The number of nitrogens with one attached hydrogen (secondary N) is 1. The van der Waals surface area contributed by atoms with Crippen molar-refractivity contribution in [2.24, 2.45) is 0 Å². The number of rotatable bonds is 10. The maximum atomic E-state index is 10.5. The van der Waals surface area contributed by atoms with Crippen molar-refractivity contribution in [1.29, 1.82) is 0 Å². The molecule has 1 aromatic carbocycles. The van der Waals surface area contributed by atoms with E-state index in [1.807, 2.05) is 12.1 Å². The fourth-order valence-corrected chi connectivity index (χ4v) is 3.33. The highest BCUT2D eigenvalue weighted by Gasteiger charge is 2.31. The first kappa shape index (κ1) is 18.1. The first-order valence-electron chi connectivity index (χ1n) is 8.87. The Bertz CT molecular complexity index is 490. The summed E-state index contributed by atoms with van der Waals surface area (Å²) in [5.74, 6) is 1.41. The van der Waals surface area contributed by atoms with Crippen LogP contribution in [0.5, 0.6) is 11.5 Å². The van der Waals surface area contributed by atoms with Gasteiger partial charge in [0.15, 0.2) is 11.5 Å². The van der Waals surface area contributed by atoms with Crippen LogP contribution in [0.25, 0.3) is 0 Å². The van der Waals surface area contributed by atoms with Gasteiger partial charge in [-0.2, -0.15) is 0 Å². The first-order chi connectivity index (χ1) is 11.2. The Kier molecular flexibility index (Phi) is 7.18. The van der Waals surface area contributed by atoms with Gasteiger partial charge in [-0.3, -0.25) is 0 Å². The number of hydrogen-bond acceptors (Lipinski definition) is 4. The second-order valence-electron chi connectivity index (χ2n) is 6.38. The number of aliphatic hydroxyl groups is 1. The third-order valence-electron chi connectivity index (χ3n) is 4.72. The van der Waals surface area contributed by atoms with Gasteiger partial charge in [-0.15, -0.1) is 0 Å². The van der Waals surface area contributed by atoms with Gasteiger partial charge >= 0.3 is 0 Å². The van der Waals surface area contributed by atoms with Crippen molar-refractivity contribution in [3.05, 3.63) is 23.3 Å². The first-order valence-corrected chi connectivity index (χ1v) is 8.87. The van der Waals surface area contributed by atoms with Crippen molar-refractivity contribution in [3.63, 3.8) is 0 Å². The number of aliphatic hydroxyl groups excluding tert-OH is 1. The van der Waals surface area contributed by atoms with Crippen molar-refractivity contribution < 1.29 is 14.6 Å². The van der Waals surface area contributed by atoms with Gasteiger partial charge in [-0.25, -0.2) is 0 Å². The molecule has 0 unspecified atom stereocenters. The molecule has 130 valence electrons. The lowest BCUT2D eigenvalue weighted by atomic mass is 10.1. The summed E-state index contributed by atoms with van der Waals surface area (Å²) >= 11 is 0. The summed E-state index contributed by atoms with van der Waals surface area (Å²) in [6.45, 7) is 3.21. The van der Waals surface area contributed by atoms with E-state index in [-0.39, 0.29) is 6.04 Å². The number of benzene rings is 1. The van der Waals surface area contributed by atoms with Gasteiger partial charge in [-0.1, -0.05) is 39.0 Å². The molecule has 1 aliphatic rings. The van der Waals surface area contributed by atoms with Crippen LogP contribution in [-0.4, -0.2) is 31.9 Å². The van der Waals surface area contributed by atoms with E-state index in [0.29, 0.717) is 5.75 Å². The summed E-state index contributed by atoms with van der Waals surface area (Å²) in [5.41, 5.74) is 2.11. The van der Waals surface area contributed by atoms with E-state index in [4.69, 9.17) is 9.47 Å². The molecule has 0 saturated carbocycles. The van der Waals surface area contributed by atoms with Gasteiger partial charge in [0.05, 0.1) is 20.3 Å². The standard InChI is InChI=1S/C19H31NO3/c1-4-5-6-7-8-9-10-20-16-11-14-12-17(22-2)18(23-3)13-15(14)19(16)21/h12-13,16,19-21H,4-11H2,1-3H3/t16-,19-/m0/s1. The van der Waals surface area contributed by atoms with Crippen molar-refractivity contribution in [2.45, 2.75) is 64.0 Å². The molecule has 1 aliphatic carbocycles. The van der Waals surface area contributed by atoms with Crippen LogP contribution in [0.1, 0.15) is 62.7 Å². The average molecular weight is 321 g/mol. The summed E-state index contributed by atoms with van der Waals surface area (Å²) in [4.78, 5) is 0. The summed E-state index contributed by atoms with van der Waals surface area (Å²) in [5, 5.41) is 14.1.